The van der Waals surface area contributed by atoms with Gasteiger partial charge < -0.3 is 10.0 Å². The molecule has 2 amide bonds. The third kappa shape index (κ3) is 2.30. The average molecular weight is 256 g/mol. The molecule has 1 aliphatic heterocycles. The maximum absolute atomic E-state index is 13.7. The van der Waals surface area contributed by atoms with Crippen LogP contribution in [0, 0.1) is 11.6 Å². The molecule has 0 bridgehead atoms. The summed E-state index contributed by atoms with van der Waals surface area (Å²) in [6.45, 7) is -1.08. The van der Waals surface area contributed by atoms with Crippen LogP contribution in [0.2, 0.25) is 0 Å². The van der Waals surface area contributed by atoms with Crippen LogP contribution in [0.4, 0.5) is 14.5 Å². The SMILES string of the molecule is O=C1CN(c2c(F)cc(CO)cc2F)CC(=O)N1. The third-order valence-corrected chi connectivity index (χ3v) is 2.52. The van der Waals surface area contributed by atoms with Crippen molar-refractivity contribution < 1.29 is 23.5 Å². The van der Waals surface area contributed by atoms with Gasteiger partial charge in [0.1, 0.15) is 17.3 Å². The van der Waals surface area contributed by atoms with Crippen LogP contribution in [0.25, 0.3) is 0 Å². The highest BCUT2D eigenvalue weighted by atomic mass is 19.1. The van der Waals surface area contributed by atoms with Crippen molar-refractivity contribution in [2.75, 3.05) is 18.0 Å². The Morgan fingerprint density at radius 3 is 2.11 bits per heavy atom. The summed E-state index contributed by atoms with van der Waals surface area (Å²) in [6.07, 6.45) is 0. The summed E-state index contributed by atoms with van der Waals surface area (Å²) in [5.41, 5.74) is -0.350. The summed E-state index contributed by atoms with van der Waals surface area (Å²) < 4.78 is 27.4. The van der Waals surface area contributed by atoms with Crippen molar-refractivity contribution in [3.63, 3.8) is 0 Å². The Balaban J connectivity index is 2.38. The zero-order chi connectivity index (χ0) is 13.3. The number of halogens is 2. The van der Waals surface area contributed by atoms with Crippen molar-refractivity contribution in [1.82, 2.24) is 5.32 Å². The Bertz CT molecular complexity index is 480. The molecule has 2 rings (SSSR count). The number of nitrogens with zero attached hydrogens (tertiary/aromatic N) is 1. The minimum atomic E-state index is -0.915. The number of amides is 2. The Morgan fingerprint density at radius 1 is 1.17 bits per heavy atom. The quantitative estimate of drug-likeness (QED) is 0.726. The van der Waals surface area contributed by atoms with Gasteiger partial charge in [-0.15, -0.1) is 0 Å². The van der Waals surface area contributed by atoms with E-state index < -0.39 is 35.7 Å². The molecule has 7 heteroatoms. The number of anilines is 1. The van der Waals surface area contributed by atoms with Crippen molar-refractivity contribution in [2.45, 2.75) is 6.61 Å². The molecule has 0 radical (unpaired) electrons. The van der Waals surface area contributed by atoms with Gasteiger partial charge in [-0.3, -0.25) is 14.9 Å². The van der Waals surface area contributed by atoms with E-state index in [4.69, 9.17) is 5.11 Å². The van der Waals surface area contributed by atoms with E-state index in [1.54, 1.807) is 0 Å². The fourth-order valence-electron chi connectivity index (χ4n) is 1.81. The van der Waals surface area contributed by atoms with E-state index in [2.05, 4.69) is 0 Å². The summed E-state index contributed by atoms with van der Waals surface area (Å²) in [5.74, 6) is -3.06. The molecule has 18 heavy (non-hydrogen) atoms. The summed E-state index contributed by atoms with van der Waals surface area (Å²) >= 11 is 0. The summed E-state index contributed by atoms with van der Waals surface area (Å²) in [4.78, 5) is 23.3. The third-order valence-electron chi connectivity index (χ3n) is 2.52. The molecule has 1 aromatic carbocycles. The van der Waals surface area contributed by atoms with Crippen molar-refractivity contribution in [1.29, 1.82) is 0 Å². The zero-order valence-corrected chi connectivity index (χ0v) is 9.24. The number of rotatable bonds is 2. The van der Waals surface area contributed by atoms with Crippen LogP contribution in [-0.2, 0) is 16.2 Å². The molecule has 1 saturated heterocycles. The number of nitrogens with one attached hydrogen (secondary N) is 1. The number of aliphatic hydroxyl groups excluding tert-OH is 1. The highest BCUT2D eigenvalue weighted by Crippen LogP contribution is 2.25. The second-order valence-corrected chi connectivity index (χ2v) is 3.89. The Labute approximate surface area is 101 Å². The van der Waals surface area contributed by atoms with Crippen molar-refractivity contribution in [3.8, 4) is 0 Å². The predicted octanol–water partition coefficient (Wildman–Crippen LogP) is -0.0801. The lowest BCUT2D eigenvalue weighted by molar-refractivity contribution is -0.130. The number of hydrogen-bond donors (Lipinski definition) is 2. The van der Waals surface area contributed by atoms with Gasteiger partial charge in [-0.1, -0.05) is 0 Å². The number of imide groups is 1. The smallest absolute Gasteiger partial charge is 0.246 e. The highest BCUT2D eigenvalue weighted by molar-refractivity contribution is 6.02. The molecule has 5 nitrogen and oxygen atoms in total. The van der Waals surface area contributed by atoms with Crippen LogP contribution in [-0.4, -0.2) is 30.0 Å². The van der Waals surface area contributed by atoms with Crippen LogP contribution < -0.4 is 10.2 Å². The van der Waals surface area contributed by atoms with E-state index in [0.717, 1.165) is 17.0 Å². The fourth-order valence-corrected chi connectivity index (χ4v) is 1.81. The molecule has 1 aliphatic rings. The second kappa shape index (κ2) is 4.69. The molecule has 0 aromatic heterocycles. The zero-order valence-electron chi connectivity index (χ0n) is 9.24. The number of piperazine rings is 1. The van der Waals surface area contributed by atoms with Gasteiger partial charge in [0.15, 0.2) is 0 Å². The molecule has 0 saturated carbocycles. The van der Waals surface area contributed by atoms with Gasteiger partial charge in [0.05, 0.1) is 19.7 Å². The lowest BCUT2D eigenvalue weighted by atomic mass is 10.1. The van der Waals surface area contributed by atoms with Gasteiger partial charge in [0, 0.05) is 0 Å². The number of hydrogen-bond acceptors (Lipinski definition) is 4. The lowest BCUT2D eigenvalue weighted by Crippen LogP contribution is -2.52. The summed E-state index contributed by atoms with van der Waals surface area (Å²) in [7, 11) is 0. The maximum atomic E-state index is 13.7. The molecule has 0 spiro atoms. The maximum Gasteiger partial charge on any atom is 0.246 e. The largest absolute Gasteiger partial charge is 0.392 e. The molecule has 96 valence electrons. The summed E-state index contributed by atoms with van der Waals surface area (Å²) in [5, 5.41) is 10.8. The summed E-state index contributed by atoms with van der Waals surface area (Å²) in [6, 6.07) is 1.94. The minimum absolute atomic E-state index is 0.0848. The first-order valence-corrected chi connectivity index (χ1v) is 5.17. The molecule has 2 N–H and O–H groups in total. The van der Waals surface area contributed by atoms with Crippen LogP contribution >= 0.6 is 0 Å². The molecule has 1 heterocycles. The van der Waals surface area contributed by atoms with Crippen LogP contribution in [0.1, 0.15) is 5.56 Å². The molecule has 1 fully saturated rings. The Hall–Kier alpha value is -2.02. The second-order valence-electron chi connectivity index (χ2n) is 3.89. The molecular formula is C11H10F2N2O3. The highest BCUT2D eigenvalue weighted by Gasteiger charge is 2.27. The molecule has 0 atom stereocenters. The van der Waals surface area contributed by atoms with E-state index in [0.29, 0.717) is 0 Å². The van der Waals surface area contributed by atoms with E-state index >= 15 is 0 Å². The first-order valence-electron chi connectivity index (χ1n) is 5.17. The monoisotopic (exact) mass is 256 g/mol. The van der Waals surface area contributed by atoms with Crippen molar-refractivity contribution >= 4 is 17.5 Å². The molecule has 1 aromatic rings. The van der Waals surface area contributed by atoms with Crippen LogP contribution in [0.3, 0.4) is 0 Å². The molecule has 0 aliphatic carbocycles. The van der Waals surface area contributed by atoms with Gasteiger partial charge >= 0.3 is 0 Å². The number of benzene rings is 1. The first kappa shape index (κ1) is 12.4. The van der Waals surface area contributed by atoms with E-state index in [9.17, 15) is 18.4 Å². The standard InChI is InChI=1S/C11H10F2N2O3/c12-7-1-6(5-16)2-8(13)11(7)15-3-9(17)14-10(18)4-15/h1-2,16H,3-5H2,(H,14,17,18). The predicted molar refractivity (Wildman–Crippen MR) is 57.6 cm³/mol. The van der Waals surface area contributed by atoms with Crippen LogP contribution in [0.15, 0.2) is 12.1 Å². The first-order chi connectivity index (χ1) is 8.51. The normalized spacial score (nSPS) is 15.8. The van der Waals surface area contributed by atoms with Crippen molar-refractivity contribution in [2.24, 2.45) is 0 Å². The number of carbonyl (C=O) groups is 2. The van der Waals surface area contributed by atoms with E-state index in [1.807, 2.05) is 5.32 Å². The average Bonchev–Trinajstić information content (AvgIpc) is 2.26. The fraction of sp³-hybridized carbons (Fsp3) is 0.273. The van der Waals surface area contributed by atoms with Gasteiger partial charge in [0.25, 0.3) is 0 Å². The van der Waals surface area contributed by atoms with Gasteiger partial charge in [-0.05, 0) is 17.7 Å². The van der Waals surface area contributed by atoms with Gasteiger partial charge in [-0.25, -0.2) is 8.78 Å². The lowest BCUT2D eigenvalue weighted by Gasteiger charge is -2.28. The number of aliphatic hydroxyl groups is 1. The molecular weight excluding hydrogens is 246 g/mol. The van der Waals surface area contributed by atoms with Gasteiger partial charge in [-0.2, -0.15) is 0 Å². The minimum Gasteiger partial charge on any atom is -0.392 e. The topological polar surface area (TPSA) is 69.6 Å². The van der Waals surface area contributed by atoms with Crippen LogP contribution in [0.5, 0.6) is 0 Å². The molecule has 0 unspecified atom stereocenters. The van der Waals surface area contributed by atoms with Crippen molar-refractivity contribution in [3.05, 3.63) is 29.3 Å². The van der Waals surface area contributed by atoms with E-state index in [1.165, 1.54) is 0 Å². The number of carbonyl (C=O) groups excluding carboxylic acids is 2. The van der Waals surface area contributed by atoms with Gasteiger partial charge in [0.2, 0.25) is 11.8 Å². The Kier molecular flexibility index (Phi) is 3.24. The Morgan fingerprint density at radius 2 is 1.67 bits per heavy atom. The van der Waals surface area contributed by atoms with E-state index in [-0.39, 0.29) is 18.7 Å².